The zero-order valence-corrected chi connectivity index (χ0v) is 21.3. The van der Waals surface area contributed by atoms with Crippen molar-refractivity contribution in [2.24, 2.45) is 0 Å². The fraction of sp³-hybridized carbons (Fsp3) is 0.241. The molecule has 4 aromatic rings. The molecule has 1 aromatic heterocycles. The number of ether oxygens (including phenoxy) is 1. The molecule has 2 atom stereocenters. The number of benzene rings is 3. The Bertz CT molecular complexity index is 1350. The summed E-state index contributed by atoms with van der Waals surface area (Å²) in [5, 5.41) is 13.3. The van der Waals surface area contributed by atoms with Crippen LogP contribution in [0.5, 0.6) is 0 Å². The van der Waals surface area contributed by atoms with Crippen LogP contribution in [0.25, 0.3) is 22.1 Å². The van der Waals surface area contributed by atoms with Crippen LogP contribution in [0.2, 0.25) is 0 Å². The maximum absolute atomic E-state index is 13.3. The average Bonchev–Trinajstić information content (AvgIpc) is 3.30. The number of fused-ring (bicyclic) bond motifs is 1. The first-order valence-corrected chi connectivity index (χ1v) is 13.1. The molecule has 2 unspecified atom stereocenters. The summed E-state index contributed by atoms with van der Waals surface area (Å²) in [6.45, 7) is 1.98. The first kappa shape index (κ1) is 28.6. The summed E-state index contributed by atoms with van der Waals surface area (Å²) in [4.78, 5) is 25.1. The summed E-state index contributed by atoms with van der Waals surface area (Å²) >= 11 is 1.54. The normalized spacial score (nSPS) is 12.5. The van der Waals surface area contributed by atoms with E-state index in [0.717, 1.165) is 27.7 Å². The number of carbonyl (C=O) groups is 2. The van der Waals surface area contributed by atoms with Crippen LogP contribution in [0, 0.1) is 6.92 Å². The van der Waals surface area contributed by atoms with Gasteiger partial charge in [0.25, 0.3) is 5.91 Å². The van der Waals surface area contributed by atoms with Gasteiger partial charge in [-0.25, -0.2) is 4.79 Å². The van der Waals surface area contributed by atoms with Gasteiger partial charge in [-0.3, -0.25) is 4.79 Å². The number of carboxylic acids is 1. The van der Waals surface area contributed by atoms with Gasteiger partial charge >= 0.3 is 24.8 Å². The monoisotopic (exact) mass is 511 g/mol. The third-order valence-electron chi connectivity index (χ3n) is 6.18. The molecule has 1 amide bonds. The Kier molecular flexibility index (Phi) is 10.1. The van der Waals surface area contributed by atoms with Crippen molar-refractivity contribution in [3.8, 4) is 11.1 Å². The number of carboxylic acid groups (broad SMARTS) is 1. The third kappa shape index (κ3) is 6.49. The van der Waals surface area contributed by atoms with E-state index in [1.54, 1.807) is 24.9 Å². The Labute approximate surface area is 233 Å². The van der Waals surface area contributed by atoms with Crippen molar-refractivity contribution >= 4 is 53.5 Å². The molecule has 0 saturated heterocycles. The molecule has 0 radical (unpaired) electrons. The first-order chi connectivity index (χ1) is 17.4. The van der Waals surface area contributed by atoms with E-state index in [0.29, 0.717) is 29.1 Å². The summed E-state index contributed by atoms with van der Waals surface area (Å²) in [6, 6.07) is 22.1. The van der Waals surface area contributed by atoms with Gasteiger partial charge < -0.3 is 19.6 Å². The van der Waals surface area contributed by atoms with E-state index in [4.69, 9.17) is 9.15 Å². The Morgan fingerprint density at radius 1 is 1.03 bits per heavy atom. The molecule has 4 rings (SSSR count). The number of hydrogen-bond acceptors (Lipinski definition) is 5. The van der Waals surface area contributed by atoms with Crippen LogP contribution in [0.15, 0.2) is 77.2 Å². The Balaban J connectivity index is 0.00000380. The zero-order valence-electron chi connectivity index (χ0n) is 20.5. The Morgan fingerprint density at radius 3 is 2.43 bits per heavy atom. The Hall–Kier alpha value is -2.95. The van der Waals surface area contributed by atoms with Crippen molar-refractivity contribution in [3.63, 3.8) is 0 Å². The standard InChI is InChI=1S/C29H29NO5S.Li.H/c1-18-8-4-6-10-21(18)23-16-20(27(34-2)26-17-19-9-5-7-11-25(19)35-26)12-13-22(23)28(31)30-24(29(32)33)14-15-36-3;;/h4-13,16-17,24,27H,14-15H2,1-3H3,(H,30,31)(H,32,33);;. The fourth-order valence-corrected chi connectivity index (χ4v) is 4.77. The topological polar surface area (TPSA) is 88.8 Å². The molecule has 3 aromatic carbocycles. The van der Waals surface area contributed by atoms with Gasteiger partial charge in [0.2, 0.25) is 0 Å². The minimum atomic E-state index is -1.05. The number of furan rings is 1. The van der Waals surface area contributed by atoms with Gasteiger partial charge in [0, 0.05) is 18.1 Å². The van der Waals surface area contributed by atoms with Crippen LogP contribution < -0.4 is 5.32 Å². The number of thioether (sulfide) groups is 1. The van der Waals surface area contributed by atoms with Gasteiger partial charge in [0.1, 0.15) is 23.5 Å². The SMILES string of the molecule is COC(c1ccc(C(=O)NC(CCSC)C(=O)O)c(-c2ccccc2C)c1)c1cc2ccccc2o1.[LiH]. The van der Waals surface area contributed by atoms with Gasteiger partial charge in [-0.1, -0.05) is 48.5 Å². The van der Waals surface area contributed by atoms with E-state index < -0.39 is 24.0 Å². The molecule has 2 N–H and O–H groups in total. The number of aryl methyl sites for hydroxylation is 1. The van der Waals surface area contributed by atoms with Crippen molar-refractivity contribution in [3.05, 3.63) is 95.2 Å². The van der Waals surface area contributed by atoms with E-state index in [9.17, 15) is 14.7 Å². The molecule has 8 heteroatoms. The third-order valence-corrected chi connectivity index (χ3v) is 6.82. The van der Waals surface area contributed by atoms with Crippen LogP contribution >= 0.6 is 11.8 Å². The van der Waals surface area contributed by atoms with Crippen molar-refractivity contribution in [2.45, 2.75) is 25.5 Å². The van der Waals surface area contributed by atoms with Crippen LogP contribution in [0.1, 0.15) is 39.8 Å². The van der Waals surface area contributed by atoms with E-state index >= 15 is 0 Å². The number of amides is 1. The van der Waals surface area contributed by atoms with Gasteiger partial charge in [-0.2, -0.15) is 11.8 Å². The van der Waals surface area contributed by atoms with Gasteiger partial charge in [0.15, 0.2) is 0 Å². The predicted molar refractivity (Wildman–Crippen MR) is 151 cm³/mol. The predicted octanol–water partition coefficient (Wildman–Crippen LogP) is 5.43. The fourth-order valence-electron chi connectivity index (χ4n) is 4.30. The van der Waals surface area contributed by atoms with Crippen LogP contribution in [-0.4, -0.2) is 61.0 Å². The number of carbonyl (C=O) groups excluding carboxylic acids is 1. The summed E-state index contributed by atoms with van der Waals surface area (Å²) in [6.07, 6.45) is 1.77. The van der Waals surface area contributed by atoms with E-state index in [1.165, 1.54) is 0 Å². The van der Waals surface area contributed by atoms with Crippen molar-refractivity contribution < 1.29 is 23.8 Å². The summed E-state index contributed by atoms with van der Waals surface area (Å²) < 4.78 is 11.9. The molecule has 1 heterocycles. The summed E-state index contributed by atoms with van der Waals surface area (Å²) in [7, 11) is 1.62. The number of aliphatic carboxylic acids is 1. The number of rotatable bonds is 10. The maximum atomic E-state index is 13.3. The summed E-state index contributed by atoms with van der Waals surface area (Å²) in [5.41, 5.74) is 4.59. The molecule has 0 aliphatic rings. The number of para-hydroxylation sites is 1. The van der Waals surface area contributed by atoms with Gasteiger partial charge in [0.05, 0.1) is 0 Å². The van der Waals surface area contributed by atoms with Gasteiger partial charge in [-0.15, -0.1) is 0 Å². The average molecular weight is 512 g/mol. The molecule has 6 nitrogen and oxygen atoms in total. The molecule has 0 saturated carbocycles. The Morgan fingerprint density at radius 2 is 1.76 bits per heavy atom. The molecule has 0 spiro atoms. The molecule has 0 aliphatic heterocycles. The van der Waals surface area contributed by atoms with Crippen molar-refractivity contribution in [1.29, 1.82) is 0 Å². The molecule has 188 valence electrons. The number of methoxy groups -OCH3 is 1. The van der Waals surface area contributed by atoms with Crippen molar-refractivity contribution in [2.75, 3.05) is 19.1 Å². The van der Waals surface area contributed by atoms with Crippen LogP contribution in [0.3, 0.4) is 0 Å². The molecule has 0 aliphatic carbocycles. The van der Waals surface area contributed by atoms with Crippen LogP contribution in [-0.2, 0) is 9.53 Å². The molecule has 0 fully saturated rings. The quantitative estimate of drug-likeness (QED) is 0.276. The number of nitrogens with one attached hydrogen (secondary N) is 1. The van der Waals surface area contributed by atoms with E-state index in [1.807, 2.05) is 79.9 Å². The second-order valence-corrected chi connectivity index (χ2v) is 9.55. The molecular formula is C29H30LiNO5S. The first-order valence-electron chi connectivity index (χ1n) is 11.7. The zero-order chi connectivity index (χ0) is 25.7. The molecule has 0 bridgehead atoms. The summed E-state index contributed by atoms with van der Waals surface area (Å²) in [5.74, 6) is -0.176. The van der Waals surface area contributed by atoms with E-state index in [-0.39, 0.29) is 18.9 Å². The molecular weight excluding hydrogens is 481 g/mol. The van der Waals surface area contributed by atoms with E-state index in [2.05, 4.69) is 5.32 Å². The second kappa shape index (κ2) is 13.0. The second-order valence-electron chi connectivity index (χ2n) is 8.57. The van der Waals surface area contributed by atoms with Gasteiger partial charge in [-0.05, 0) is 71.9 Å². The van der Waals surface area contributed by atoms with Crippen LogP contribution in [0.4, 0.5) is 0 Å². The molecule has 37 heavy (non-hydrogen) atoms. The minimum absolute atomic E-state index is 0. The number of hydrogen-bond donors (Lipinski definition) is 2. The van der Waals surface area contributed by atoms with Crippen molar-refractivity contribution in [1.82, 2.24) is 5.32 Å².